The summed E-state index contributed by atoms with van der Waals surface area (Å²) in [6.45, 7) is 3.00. The monoisotopic (exact) mass is 369 g/mol. The van der Waals surface area contributed by atoms with Crippen molar-refractivity contribution in [3.05, 3.63) is 89.0 Å². The lowest BCUT2D eigenvalue weighted by atomic mass is 10.1. The molecule has 0 fully saturated rings. The van der Waals surface area contributed by atoms with Crippen molar-refractivity contribution in [2.75, 3.05) is 6.54 Å². The van der Waals surface area contributed by atoms with Gasteiger partial charge in [-0.1, -0.05) is 24.3 Å². The van der Waals surface area contributed by atoms with Crippen LogP contribution in [0.4, 0.5) is 8.78 Å². The van der Waals surface area contributed by atoms with E-state index in [4.69, 9.17) is 0 Å². The molecule has 3 aromatic rings. The van der Waals surface area contributed by atoms with E-state index in [1.807, 2.05) is 11.5 Å². The van der Waals surface area contributed by atoms with Gasteiger partial charge in [-0.05, 0) is 42.3 Å². The van der Waals surface area contributed by atoms with Crippen LogP contribution >= 0.6 is 0 Å². The quantitative estimate of drug-likeness (QED) is 0.694. The average molecular weight is 369 g/mol. The van der Waals surface area contributed by atoms with Gasteiger partial charge in [-0.2, -0.15) is 0 Å². The number of aromatic nitrogens is 2. The molecule has 0 radical (unpaired) electrons. The van der Waals surface area contributed by atoms with Crippen LogP contribution in [0.1, 0.15) is 22.6 Å². The molecule has 0 bridgehead atoms. The maximum atomic E-state index is 13.2. The first-order valence-electron chi connectivity index (χ1n) is 8.78. The van der Waals surface area contributed by atoms with Gasteiger partial charge in [-0.25, -0.2) is 13.8 Å². The van der Waals surface area contributed by atoms with E-state index in [1.165, 1.54) is 24.3 Å². The van der Waals surface area contributed by atoms with Gasteiger partial charge in [0, 0.05) is 31.4 Å². The molecule has 4 nitrogen and oxygen atoms in total. The predicted octanol–water partition coefficient (Wildman–Crippen LogP) is 3.42. The van der Waals surface area contributed by atoms with Crippen LogP contribution in [0.3, 0.4) is 0 Å². The Labute approximate surface area is 156 Å². The van der Waals surface area contributed by atoms with Gasteiger partial charge >= 0.3 is 0 Å². The molecule has 0 saturated heterocycles. The first-order chi connectivity index (χ1) is 13.0. The van der Waals surface area contributed by atoms with Crippen molar-refractivity contribution >= 4 is 5.91 Å². The maximum absolute atomic E-state index is 13.2. The first kappa shape index (κ1) is 18.8. The highest BCUT2D eigenvalue weighted by molar-refractivity contribution is 5.78. The molecule has 1 amide bonds. The molecule has 0 aliphatic carbocycles. The Bertz CT molecular complexity index is 919. The Morgan fingerprint density at radius 2 is 1.85 bits per heavy atom. The second kappa shape index (κ2) is 8.58. The normalized spacial score (nSPS) is 10.8. The molecule has 0 atom stereocenters. The number of aryl methyl sites for hydroxylation is 1. The van der Waals surface area contributed by atoms with E-state index in [9.17, 15) is 13.6 Å². The molecule has 6 heteroatoms. The second-order valence-corrected chi connectivity index (χ2v) is 6.44. The van der Waals surface area contributed by atoms with E-state index < -0.39 is 0 Å². The van der Waals surface area contributed by atoms with E-state index in [0.29, 0.717) is 25.1 Å². The van der Waals surface area contributed by atoms with Gasteiger partial charge in [0.1, 0.15) is 17.5 Å². The minimum absolute atomic E-state index is 0.140. The maximum Gasteiger partial charge on any atom is 0.224 e. The zero-order valence-electron chi connectivity index (χ0n) is 15.1. The molecule has 0 aliphatic heterocycles. The lowest BCUT2D eigenvalue weighted by Gasteiger charge is -2.11. The number of benzene rings is 2. The molecule has 1 heterocycles. The van der Waals surface area contributed by atoms with Crippen LogP contribution in [-0.4, -0.2) is 22.0 Å². The van der Waals surface area contributed by atoms with Crippen LogP contribution in [0.5, 0.6) is 0 Å². The number of imidazole rings is 1. The zero-order chi connectivity index (χ0) is 19.2. The highest BCUT2D eigenvalue weighted by Crippen LogP contribution is 2.11. The number of amides is 1. The highest BCUT2D eigenvalue weighted by Gasteiger charge is 2.09. The van der Waals surface area contributed by atoms with Gasteiger partial charge in [-0.3, -0.25) is 4.79 Å². The van der Waals surface area contributed by atoms with E-state index in [2.05, 4.69) is 10.3 Å². The number of carbonyl (C=O) groups is 1. The summed E-state index contributed by atoms with van der Waals surface area (Å²) < 4.78 is 28.3. The molecule has 0 saturated carbocycles. The van der Waals surface area contributed by atoms with Crippen molar-refractivity contribution in [3.8, 4) is 0 Å². The lowest BCUT2D eigenvalue weighted by molar-refractivity contribution is -0.120. The van der Waals surface area contributed by atoms with Crippen molar-refractivity contribution in [2.24, 2.45) is 0 Å². The Kier molecular flexibility index (Phi) is 5.96. The Morgan fingerprint density at radius 1 is 1.07 bits per heavy atom. The third kappa shape index (κ3) is 5.23. The van der Waals surface area contributed by atoms with Crippen LogP contribution in [0.2, 0.25) is 0 Å². The first-order valence-corrected chi connectivity index (χ1v) is 8.78. The van der Waals surface area contributed by atoms with Gasteiger partial charge in [-0.15, -0.1) is 0 Å². The number of nitrogens with one attached hydrogen (secondary N) is 1. The standard InChI is InChI=1S/C21H21F2N3O/c1-15-13-25-20(26(15)14-16-5-7-18(22)8-6-16)9-10-24-21(27)12-17-3-2-4-19(23)11-17/h2-8,11,13H,9-10,12,14H2,1H3,(H,24,27). The Hall–Kier alpha value is -3.02. The van der Waals surface area contributed by atoms with Crippen LogP contribution < -0.4 is 5.32 Å². The smallest absolute Gasteiger partial charge is 0.224 e. The van der Waals surface area contributed by atoms with Gasteiger partial charge in [0.05, 0.1) is 6.42 Å². The summed E-state index contributed by atoms with van der Waals surface area (Å²) >= 11 is 0. The molecule has 1 aromatic heterocycles. The van der Waals surface area contributed by atoms with Gasteiger partial charge < -0.3 is 9.88 Å². The molecule has 27 heavy (non-hydrogen) atoms. The number of nitrogens with zero attached hydrogens (tertiary/aromatic N) is 2. The number of hydrogen-bond donors (Lipinski definition) is 1. The molecule has 3 rings (SSSR count). The van der Waals surface area contributed by atoms with Gasteiger partial charge in [0.2, 0.25) is 5.91 Å². The van der Waals surface area contributed by atoms with E-state index >= 15 is 0 Å². The summed E-state index contributed by atoms with van der Waals surface area (Å²) in [4.78, 5) is 16.4. The van der Waals surface area contributed by atoms with E-state index in [0.717, 1.165) is 17.1 Å². The van der Waals surface area contributed by atoms with Crippen molar-refractivity contribution in [1.29, 1.82) is 0 Å². The third-order valence-electron chi connectivity index (χ3n) is 4.32. The molecular weight excluding hydrogens is 348 g/mol. The minimum atomic E-state index is -0.349. The van der Waals surface area contributed by atoms with Crippen LogP contribution in [0.15, 0.2) is 54.7 Å². The number of hydrogen-bond acceptors (Lipinski definition) is 2. The molecular formula is C21H21F2N3O. The summed E-state index contributed by atoms with van der Waals surface area (Å²) in [5.74, 6) is 0.0813. The van der Waals surface area contributed by atoms with Crippen molar-refractivity contribution in [3.63, 3.8) is 0 Å². The summed E-state index contributed by atoms with van der Waals surface area (Å²) in [6, 6.07) is 12.4. The number of rotatable bonds is 7. The van der Waals surface area contributed by atoms with Gasteiger partial charge in [0.15, 0.2) is 0 Å². The largest absolute Gasteiger partial charge is 0.355 e. The molecule has 1 N–H and O–H groups in total. The molecule has 2 aromatic carbocycles. The summed E-state index contributed by atoms with van der Waals surface area (Å²) in [7, 11) is 0. The van der Waals surface area contributed by atoms with E-state index in [-0.39, 0.29) is 24.0 Å². The van der Waals surface area contributed by atoms with Crippen molar-refractivity contribution < 1.29 is 13.6 Å². The van der Waals surface area contributed by atoms with Crippen molar-refractivity contribution in [1.82, 2.24) is 14.9 Å². The average Bonchev–Trinajstić information content (AvgIpc) is 2.97. The zero-order valence-corrected chi connectivity index (χ0v) is 15.1. The highest BCUT2D eigenvalue weighted by atomic mass is 19.1. The second-order valence-electron chi connectivity index (χ2n) is 6.44. The lowest BCUT2D eigenvalue weighted by Crippen LogP contribution is -2.28. The Morgan fingerprint density at radius 3 is 2.59 bits per heavy atom. The molecule has 0 aliphatic rings. The van der Waals surface area contributed by atoms with Crippen LogP contribution in [-0.2, 0) is 24.2 Å². The molecule has 140 valence electrons. The van der Waals surface area contributed by atoms with Gasteiger partial charge in [0.25, 0.3) is 0 Å². The summed E-state index contributed by atoms with van der Waals surface area (Å²) in [5.41, 5.74) is 2.62. The molecule has 0 unspecified atom stereocenters. The number of carbonyl (C=O) groups excluding carboxylic acids is 1. The van der Waals surface area contributed by atoms with Crippen molar-refractivity contribution in [2.45, 2.75) is 26.3 Å². The fraction of sp³-hybridized carbons (Fsp3) is 0.238. The minimum Gasteiger partial charge on any atom is -0.355 e. The summed E-state index contributed by atoms with van der Waals surface area (Å²) in [5, 5.41) is 2.84. The third-order valence-corrected chi connectivity index (χ3v) is 4.32. The Balaban J connectivity index is 1.55. The van der Waals surface area contributed by atoms with E-state index in [1.54, 1.807) is 30.5 Å². The number of halogens is 2. The SMILES string of the molecule is Cc1cnc(CCNC(=O)Cc2cccc(F)c2)n1Cc1ccc(F)cc1. The fourth-order valence-electron chi connectivity index (χ4n) is 2.91. The topological polar surface area (TPSA) is 46.9 Å². The fourth-order valence-corrected chi connectivity index (χ4v) is 2.91. The predicted molar refractivity (Wildman–Crippen MR) is 99.3 cm³/mol. The van der Waals surface area contributed by atoms with Crippen LogP contribution in [0, 0.1) is 18.6 Å². The van der Waals surface area contributed by atoms with Crippen LogP contribution in [0.25, 0.3) is 0 Å². The molecule has 0 spiro atoms. The summed E-state index contributed by atoms with van der Waals surface area (Å²) in [6.07, 6.45) is 2.50.